The van der Waals surface area contributed by atoms with Crippen LogP contribution in [0, 0.1) is 0 Å². The van der Waals surface area contributed by atoms with Gasteiger partial charge in [-0.3, -0.25) is 4.79 Å². The minimum absolute atomic E-state index is 0.0301. The number of hydrogen-bond acceptors (Lipinski definition) is 4. The highest BCUT2D eigenvalue weighted by Gasteiger charge is 2.43. The predicted molar refractivity (Wildman–Crippen MR) is 117 cm³/mol. The Morgan fingerprint density at radius 2 is 1.93 bits per heavy atom. The molecule has 5 heteroatoms. The summed E-state index contributed by atoms with van der Waals surface area (Å²) < 4.78 is 11.5. The topological polar surface area (TPSA) is 54.7 Å². The lowest BCUT2D eigenvalue weighted by Crippen LogP contribution is -2.55. The van der Waals surface area contributed by atoms with Crippen LogP contribution in [-0.4, -0.2) is 17.4 Å². The van der Waals surface area contributed by atoms with E-state index < -0.39 is 5.66 Å². The van der Waals surface area contributed by atoms with Gasteiger partial charge in [0.1, 0.15) is 17.2 Å². The molecule has 1 unspecified atom stereocenters. The lowest BCUT2D eigenvalue weighted by molar-refractivity contribution is 0.0486. The van der Waals surface area contributed by atoms with E-state index in [1.54, 1.807) is 6.26 Å². The predicted octanol–water partition coefficient (Wildman–Crippen LogP) is 5.79. The molecule has 2 aromatic carbocycles. The Labute approximate surface area is 177 Å². The van der Waals surface area contributed by atoms with Crippen molar-refractivity contribution in [1.82, 2.24) is 4.90 Å². The van der Waals surface area contributed by atoms with E-state index in [1.807, 2.05) is 72.5 Å². The van der Waals surface area contributed by atoms with Crippen LogP contribution < -0.4 is 10.1 Å². The molecule has 0 saturated heterocycles. The van der Waals surface area contributed by atoms with Gasteiger partial charge in [0, 0.05) is 11.3 Å². The summed E-state index contributed by atoms with van der Waals surface area (Å²) in [6.07, 6.45) is 4.98. The van der Waals surface area contributed by atoms with Gasteiger partial charge < -0.3 is 19.4 Å². The molecule has 4 rings (SSSR count). The summed E-state index contributed by atoms with van der Waals surface area (Å²) in [5.74, 6) is 1.52. The molecular formula is C25H28N2O3. The summed E-state index contributed by atoms with van der Waals surface area (Å²) in [5.41, 5.74) is 1.70. The fourth-order valence-electron chi connectivity index (χ4n) is 3.90. The Morgan fingerprint density at radius 1 is 1.07 bits per heavy atom. The molecule has 0 fully saturated rings. The van der Waals surface area contributed by atoms with Crippen LogP contribution in [0.4, 0.5) is 5.69 Å². The van der Waals surface area contributed by atoms with Crippen LogP contribution in [-0.2, 0) is 12.2 Å². The largest absolute Gasteiger partial charge is 0.494 e. The van der Waals surface area contributed by atoms with Crippen molar-refractivity contribution in [2.24, 2.45) is 0 Å². The maximum absolute atomic E-state index is 13.5. The highest BCUT2D eigenvalue weighted by atomic mass is 16.5. The summed E-state index contributed by atoms with van der Waals surface area (Å²) in [7, 11) is 0. The Hall–Kier alpha value is -3.21. The molecule has 3 aromatic rings. The summed E-state index contributed by atoms with van der Waals surface area (Å²) in [6, 6.07) is 19.4. The number of carbonyl (C=O) groups excluding carboxylic acids is 1. The quantitative estimate of drug-likeness (QED) is 0.483. The molecule has 1 atom stereocenters. The first-order chi connectivity index (χ1) is 14.6. The van der Waals surface area contributed by atoms with Crippen molar-refractivity contribution in [1.29, 1.82) is 0 Å². The van der Waals surface area contributed by atoms with Gasteiger partial charge in [-0.25, -0.2) is 0 Å². The molecule has 2 heterocycles. The molecule has 0 spiro atoms. The number of nitrogens with one attached hydrogen (secondary N) is 1. The van der Waals surface area contributed by atoms with Gasteiger partial charge in [0.05, 0.1) is 25.0 Å². The summed E-state index contributed by atoms with van der Waals surface area (Å²) in [5, 5.41) is 3.59. The molecule has 1 N–H and O–H groups in total. The number of rotatable bonds is 8. The number of furan rings is 1. The Balaban J connectivity index is 1.69. The first kappa shape index (κ1) is 20.1. The van der Waals surface area contributed by atoms with E-state index >= 15 is 0 Å². The Bertz CT molecular complexity index is 999. The number of nitrogens with zero attached hydrogens (tertiary/aromatic N) is 1. The number of fused-ring (bicyclic) bond motifs is 1. The first-order valence-corrected chi connectivity index (χ1v) is 10.6. The molecule has 1 aliphatic heterocycles. The lowest BCUT2D eigenvalue weighted by atomic mass is 9.93. The van der Waals surface area contributed by atoms with Gasteiger partial charge >= 0.3 is 0 Å². The number of unbranched alkanes of at least 4 members (excludes halogenated alkanes) is 2. The van der Waals surface area contributed by atoms with Crippen LogP contribution in [0.5, 0.6) is 5.75 Å². The molecule has 30 heavy (non-hydrogen) atoms. The van der Waals surface area contributed by atoms with Crippen LogP contribution in [0.2, 0.25) is 0 Å². The highest BCUT2D eigenvalue weighted by Crippen LogP contribution is 2.39. The van der Waals surface area contributed by atoms with Crippen molar-refractivity contribution < 1.29 is 13.9 Å². The van der Waals surface area contributed by atoms with Crippen molar-refractivity contribution >= 4 is 11.6 Å². The molecule has 1 amide bonds. The van der Waals surface area contributed by atoms with Gasteiger partial charge in [-0.1, -0.05) is 44.0 Å². The van der Waals surface area contributed by atoms with Crippen molar-refractivity contribution in [3.63, 3.8) is 0 Å². The molecule has 1 aliphatic rings. The molecule has 5 nitrogen and oxygen atoms in total. The molecule has 0 aliphatic carbocycles. The van der Waals surface area contributed by atoms with E-state index in [-0.39, 0.29) is 5.91 Å². The maximum Gasteiger partial charge on any atom is 0.258 e. The van der Waals surface area contributed by atoms with Gasteiger partial charge in [-0.05, 0) is 49.7 Å². The maximum atomic E-state index is 13.5. The van der Waals surface area contributed by atoms with Crippen molar-refractivity contribution in [3.8, 4) is 5.75 Å². The molecule has 0 saturated carbocycles. The van der Waals surface area contributed by atoms with E-state index in [2.05, 4.69) is 12.2 Å². The molecule has 0 bridgehead atoms. The third-order valence-electron chi connectivity index (χ3n) is 5.63. The lowest BCUT2D eigenvalue weighted by Gasteiger charge is -2.46. The van der Waals surface area contributed by atoms with E-state index in [4.69, 9.17) is 9.15 Å². The van der Waals surface area contributed by atoms with Crippen LogP contribution in [0.3, 0.4) is 0 Å². The van der Waals surface area contributed by atoms with Crippen LogP contribution >= 0.6 is 0 Å². The fourth-order valence-corrected chi connectivity index (χ4v) is 3.90. The zero-order valence-corrected chi connectivity index (χ0v) is 17.6. The number of amides is 1. The zero-order valence-electron chi connectivity index (χ0n) is 17.6. The normalized spacial score (nSPS) is 18.1. The number of para-hydroxylation sites is 1. The number of ether oxygens (including phenoxy) is 1. The average molecular weight is 405 g/mol. The minimum atomic E-state index is -0.749. The van der Waals surface area contributed by atoms with Gasteiger partial charge in [0.15, 0.2) is 0 Å². The number of carbonyl (C=O) groups is 1. The van der Waals surface area contributed by atoms with Crippen molar-refractivity contribution in [2.75, 3.05) is 11.9 Å². The van der Waals surface area contributed by atoms with Crippen molar-refractivity contribution in [3.05, 3.63) is 83.8 Å². The van der Waals surface area contributed by atoms with Gasteiger partial charge in [0.2, 0.25) is 0 Å². The molecule has 1 aromatic heterocycles. The summed E-state index contributed by atoms with van der Waals surface area (Å²) in [4.78, 5) is 15.3. The highest BCUT2D eigenvalue weighted by molar-refractivity contribution is 6.02. The number of anilines is 1. The summed E-state index contributed by atoms with van der Waals surface area (Å²) >= 11 is 0. The fraction of sp³-hybridized carbons (Fsp3) is 0.320. The first-order valence-electron chi connectivity index (χ1n) is 10.6. The number of benzene rings is 2. The third kappa shape index (κ3) is 3.92. The molecule has 156 valence electrons. The van der Waals surface area contributed by atoms with Gasteiger partial charge in [0.25, 0.3) is 5.91 Å². The summed E-state index contributed by atoms with van der Waals surface area (Å²) in [6.45, 7) is 5.27. The standard InChI is InChI=1S/C25H28N2O3/c1-3-4-7-15-29-20-11-8-10-19(17-20)25(2)26-23-14-6-5-13-22(23)24(28)27(25)18-21-12-9-16-30-21/h5-6,8-14,16-17,26H,3-4,7,15,18H2,1-2H3. The Morgan fingerprint density at radius 3 is 2.73 bits per heavy atom. The SMILES string of the molecule is CCCCCOc1cccc(C2(C)Nc3ccccc3C(=O)N2Cc2ccco2)c1. The van der Waals surface area contributed by atoms with Crippen molar-refractivity contribution in [2.45, 2.75) is 45.3 Å². The third-order valence-corrected chi connectivity index (χ3v) is 5.63. The van der Waals surface area contributed by atoms with E-state index in [1.165, 1.54) is 0 Å². The van der Waals surface area contributed by atoms with Crippen LogP contribution in [0.15, 0.2) is 71.3 Å². The Kier molecular flexibility index (Phi) is 5.79. The smallest absolute Gasteiger partial charge is 0.258 e. The second-order valence-corrected chi connectivity index (χ2v) is 7.80. The van der Waals surface area contributed by atoms with Gasteiger partial charge in [-0.2, -0.15) is 0 Å². The zero-order chi connectivity index (χ0) is 21.0. The average Bonchev–Trinajstić information content (AvgIpc) is 3.28. The second-order valence-electron chi connectivity index (χ2n) is 7.80. The van der Waals surface area contributed by atoms with E-state index in [0.717, 1.165) is 42.0 Å². The van der Waals surface area contributed by atoms with E-state index in [9.17, 15) is 4.79 Å². The molecule has 0 radical (unpaired) electrons. The van der Waals surface area contributed by atoms with Crippen LogP contribution in [0.1, 0.15) is 54.8 Å². The second kappa shape index (κ2) is 8.66. The number of hydrogen-bond donors (Lipinski definition) is 1. The van der Waals surface area contributed by atoms with E-state index in [0.29, 0.717) is 18.7 Å². The van der Waals surface area contributed by atoms with Gasteiger partial charge in [-0.15, -0.1) is 0 Å². The molecular weight excluding hydrogens is 376 g/mol. The van der Waals surface area contributed by atoms with Crippen LogP contribution in [0.25, 0.3) is 0 Å². The minimum Gasteiger partial charge on any atom is -0.494 e. The monoisotopic (exact) mass is 404 g/mol.